The van der Waals surface area contributed by atoms with Crippen molar-refractivity contribution in [3.8, 4) is 11.3 Å². The van der Waals surface area contributed by atoms with Crippen molar-refractivity contribution in [1.82, 2.24) is 24.7 Å². The van der Waals surface area contributed by atoms with Crippen LogP contribution in [-0.4, -0.2) is 35.8 Å². The lowest BCUT2D eigenvalue weighted by molar-refractivity contribution is -0.141. The molecule has 1 saturated carbocycles. The third kappa shape index (κ3) is 2.87. The molecule has 0 aliphatic heterocycles. The molecule has 0 saturated heterocycles. The summed E-state index contributed by atoms with van der Waals surface area (Å²) in [5, 5.41) is 15.5. The van der Waals surface area contributed by atoms with E-state index < -0.39 is 17.9 Å². The number of halogens is 2. The Morgan fingerprint density at radius 3 is 2.85 bits per heavy atom. The number of alkyl halides is 2. The van der Waals surface area contributed by atoms with Crippen LogP contribution in [0, 0.1) is 5.92 Å². The lowest BCUT2D eigenvalue weighted by Crippen LogP contribution is -2.38. The number of aromatic nitrogens is 5. The van der Waals surface area contributed by atoms with Gasteiger partial charge in [0.15, 0.2) is 5.65 Å². The zero-order chi connectivity index (χ0) is 18.8. The first-order valence-corrected chi connectivity index (χ1v) is 9.32. The van der Waals surface area contributed by atoms with Gasteiger partial charge in [0.05, 0.1) is 18.0 Å². The van der Waals surface area contributed by atoms with Crippen LogP contribution in [0.15, 0.2) is 30.7 Å². The van der Waals surface area contributed by atoms with Gasteiger partial charge in [-0.15, -0.1) is 11.3 Å². The van der Waals surface area contributed by atoms with Crippen molar-refractivity contribution in [3.05, 3.63) is 35.6 Å². The van der Waals surface area contributed by atoms with Gasteiger partial charge in [0.25, 0.3) is 0 Å². The highest BCUT2D eigenvalue weighted by Crippen LogP contribution is 2.49. The summed E-state index contributed by atoms with van der Waals surface area (Å²) in [5.74, 6) is -3.06. The number of thiophene rings is 1. The van der Waals surface area contributed by atoms with Gasteiger partial charge in [-0.2, -0.15) is 5.10 Å². The van der Waals surface area contributed by atoms with Crippen molar-refractivity contribution in [1.29, 1.82) is 0 Å². The summed E-state index contributed by atoms with van der Waals surface area (Å²) in [6.45, 7) is 0. The van der Waals surface area contributed by atoms with Crippen LogP contribution in [0.25, 0.3) is 32.6 Å². The van der Waals surface area contributed by atoms with Crippen LogP contribution in [0.3, 0.4) is 0 Å². The Balaban J connectivity index is 1.47. The van der Waals surface area contributed by atoms with Gasteiger partial charge >= 0.3 is 0 Å². The molecule has 4 aromatic heterocycles. The Morgan fingerprint density at radius 2 is 2.07 bits per heavy atom. The molecule has 5 rings (SSSR count). The Labute approximate surface area is 156 Å². The van der Waals surface area contributed by atoms with E-state index in [2.05, 4.69) is 20.1 Å². The van der Waals surface area contributed by atoms with Crippen LogP contribution < -0.4 is 0 Å². The maximum Gasteiger partial charge on any atom is 0.248 e. The molecule has 0 aromatic carbocycles. The molecule has 1 aliphatic carbocycles. The van der Waals surface area contributed by atoms with Crippen molar-refractivity contribution in [2.45, 2.75) is 24.9 Å². The fourth-order valence-corrected chi connectivity index (χ4v) is 4.52. The molecule has 27 heavy (non-hydrogen) atoms. The Hall–Kier alpha value is -2.52. The highest BCUT2D eigenvalue weighted by atomic mass is 32.1. The summed E-state index contributed by atoms with van der Waals surface area (Å²) in [7, 11) is 1.84. The number of aliphatic hydroxyl groups is 1. The third-order valence-electron chi connectivity index (χ3n) is 4.89. The molecule has 138 valence electrons. The first-order chi connectivity index (χ1) is 12.9. The maximum absolute atomic E-state index is 13.1. The van der Waals surface area contributed by atoms with E-state index in [1.807, 2.05) is 19.3 Å². The van der Waals surface area contributed by atoms with E-state index in [0.717, 1.165) is 10.9 Å². The second-order valence-corrected chi connectivity index (χ2v) is 8.07. The normalized spacial score (nSPS) is 18.1. The van der Waals surface area contributed by atoms with E-state index >= 15 is 0 Å². The number of fused-ring (bicyclic) bond motifs is 2. The summed E-state index contributed by atoms with van der Waals surface area (Å²) in [5.41, 5.74) is 2.80. The molecule has 1 aliphatic rings. The average molecular weight is 387 g/mol. The van der Waals surface area contributed by atoms with Gasteiger partial charge in [-0.3, -0.25) is 9.67 Å². The van der Waals surface area contributed by atoms with E-state index in [1.165, 1.54) is 11.3 Å². The highest BCUT2D eigenvalue weighted by molar-refractivity contribution is 7.18. The number of pyridine rings is 1. The zero-order valence-corrected chi connectivity index (χ0v) is 15.1. The molecule has 4 heterocycles. The van der Waals surface area contributed by atoms with Crippen LogP contribution >= 0.6 is 11.3 Å². The summed E-state index contributed by atoms with van der Waals surface area (Å²) in [6.07, 6.45) is 3.79. The quantitative estimate of drug-likeness (QED) is 0.580. The first-order valence-electron chi connectivity index (χ1n) is 8.50. The maximum atomic E-state index is 13.1. The topological polar surface area (TPSA) is 76.7 Å². The summed E-state index contributed by atoms with van der Waals surface area (Å²) in [4.78, 5) is 14.7. The van der Waals surface area contributed by atoms with Crippen LogP contribution in [0.5, 0.6) is 0 Å². The molecular formula is C18H15F2N5OS. The van der Waals surface area contributed by atoms with Crippen LogP contribution in [-0.2, 0) is 7.05 Å². The predicted molar refractivity (Wildman–Crippen MR) is 97.5 cm³/mol. The second-order valence-electron chi connectivity index (χ2n) is 7.00. The van der Waals surface area contributed by atoms with Gasteiger partial charge in [0.1, 0.15) is 10.3 Å². The second kappa shape index (κ2) is 5.74. The van der Waals surface area contributed by atoms with E-state index in [9.17, 15) is 13.9 Å². The number of nitrogens with zero attached hydrogens (tertiary/aromatic N) is 5. The van der Waals surface area contributed by atoms with Gasteiger partial charge in [-0.25, -0.2) is 18.7 Å². The fraction of sp³-hybridized carbons (Fsp3) is 0.333. The number of hydrogen-bond donors (Lipinski definition) is 1. The van der Waals surface area contributed by atoms with Gasteiger partial charge in [-0.1, -0.05) is 0 Å². The molecular weight excluding hydrogens is 372 g/mol. The van der Waals surface area contributed by atoms with Gasteiger partial charge in [0, 0.05) is 54.0 Å². The summed E-state index contributed by atoms with van der Waals surface area (Å²) in [6, 6.07) is 3.69. The summed E-state index contributed by atoms with van der Waals surface area (Å²) < 4.78 is 27.9. The molecule has 6 nitrogen and oxygen atoms in total. The molecule has 0 radical (unpaired) electrons. The number of aryl methyl sites for hydroxylation is 1. The SMILES string of the molecule is Cn1cc2cc(-c3cnc4cc(C(O)C5CC(F)(F)C5)sc4n3)cnc2n1. The Bertz CT molecular complexity index is 1160. The van der Waals surface area contributed by atoms with E-state index in [0.29, 0.717) is 26.6 Å². The third-order valence-corrected chi connectivity index (χ3v) is 5.98. The molecule has 1 unspecified atom stereocenters. The molecule has 4 aromatic rings. The minimum atomic E-state index is -2.65. The van der Waals surface area contributed by atoms with E-state index in [4.69, 9.17) is 0 Å². The Morgan fingerprint density at radius 1 is 1.26 bits per heavy atom. The average Bonchev–Trinajstić information content (AvgIpc) is 3.19. The van der Waals surface area contributed by atoms with Crippen molar-refractivity contribution >= 4 is 32.7 Å². The van der Waals surface area contributed by atoms with E-state index in [-0.39, 0.29) is 12.8 Å². The predicted octanol–water partition coefficient (Wildman–Crippen LogP) is 3.72. The minimum absolute atomic E-state index is 0.273. The standard InChI is InChI=1S/C18H15F2N5OS/c1-25-8-10-2-9(6-22-16(10)24-25)13-7-21-12-3-14(27-17(12)23-13)15(26)11-4-18(19,20)5-11/h2-3,6-8,11,15,26H,4-5H2,1H3. The largest absolute Gasteiger partial charge is 0.387 e. The molecule has 1 N–H and O–H groups in total. The van der Waals surface area contributed by atoms with E-state index in [1.54, 1.807) is 23.1 Å². The van der Waals surface area contributed by atoms with Gasteiger partial charge in [-0.05, 0) is 12.1 Å². The zero-order valence-electron chi connectivity index (χ0n) is 14.3. The molecule has 1 atom stereocenters. The lowest BCUT2D eigenvalue weighted by atomic mass is 9.77. The smallest absolute Gasteiger partial charge is 0.248 e. The van der Waals surface area contributed by atoms with Crippen LogP contribution in [0.1, 0.15) is 23.8 Å². The minimum Gasteiger partial charge on any atom is -0.387 e. The van der Waals surface area contributed by atoms with Crippen molar-refractivity contribution in [2.75, 3.05) is 0 Å². The molecule has 0 bridgehead atoms. The monoisotopic (exact) mass is 387 g/mol. The van der Waals surface area contributed by atoms with Crippen molar-refractivity contribution < 1.29 is 13.9 Å². The first kappa shape index (κ1) is 16.6. The van der Waals surface area contributed by atoms with Crippen molar-refractivity contribution in [2.24, 2.45) is 13.0 Å². The molecule has 0 amide bonds. The Kier molecular flexibility index (Phi) is 3.54. The van der Waals surface area contributed by atoms with Gasteiger partial charge in [0.2, 0.25) is 5.92 Å². The molecule has 1 fully saturated rings. The molecule has 0 spiro atoms. The van der Waals surface area contributed by atoms with Crippen LogP contribution in [0.4, 0.5) is 8.78 Å². The fourth-order valence-electron chi connectivity index (χ4n) is 3.45. The number of hydrogen-bond acceptors (Lipinski definition) is 6. The van der Waals surface area contributed by atoms with Crippen LogP contribution in [0.2, 0.25) is 0 Å². The van der Waals surface area contributed by atoms with Crippen molar-refractivity contribution in [3.63, 3.8) is 0 Å². The molecule has 9 heteroatoms. The van der Waals surface area contributed by atoms with Gasteiger partial charge < -0.3 is 5.11 Å². The summed E-state index contributed by atoms with van der Waals surface area (Å²) >= 11 is 1.29. The highest BCUT2D eigenvalue weighted by Gasteiger charge is 2.48. The number of aliphatic hydroxyl groups excluding tert-OH is 1. The lowest BCUT2D eigenvalue weighted by Gasteiger charge is -2.37. The number of rotatable bonds is 3.